The van der Waals surface area contributed by atoms with Gasteiger partial charge in [0.2, 0.25) is 10.0 Å². The molecule has 0 fully saturated rings. The second-order valence-electron chi connectivity index (χ2n) is 7.58. The van der Waals surface area contributed by atoms with Crippen molar-refractivity contribution in [1.82, 2.24) is 9.62 Å². The first-order chi connectivity index (χ1) is 14.5. The number of nitrogens with zero attached hydrogens (tertiary/aromatic N) is 2. The fourth-order valence-electron chi connectivity index (χ4n) is 2.60. The van der Waals surface area contributed by atoms with Crippen molar-refractivity contribution >= 4 is 33.4 Å². The third-order valence-corrected chi connectivity index (χ3v) is 7.45. The van der Waals surface area contributed by atoms with Crippen LogP contribution in [0.3, 0.4) is 0 Å². The molecule has 168 valence electrons. The third-order valence-electron chi connectivity index (χ3n) is 4.53. The number of rotatable bonds is 10. The molecule has 0 heterocycles. The highest BCUT2D eigenvalue weighted by molar-refractivity contribution is 7.99. The number of amides is 1. The smallest absolute Gasteiger partial charge is 0.283 e. The molecule has 10 heteroatoms. The van der Waals surface area contributed by atoms with Crippen molar-refractivity contribution in [3.05, 3.63) is 63.7 Å². The van der Waals surface area contributed by atoms with Gasteiger partial charge in [-0.15, -0.1) is 11.8 Å². The predicted molar refractivity (Wildman–Crippen MR) is 122 cm³/mol. The Balaban J connectivity index is 2.06. The summed E-state index contributed by atoms with van der Waals surface area (Å²) in [6.45, 7) is 4.36. The van der Waals surface area contributed by atoms with Gasteiger partial charge in [-0.05, 0) is 47.9 Å². The zero-order chi connectivity index (χ0) is 23.2. The van der Waals surface area contributed by atoms with E-state index in [9.17, 15) is 23.3 Å². The van der Waals surface area contributed by atoms with Gasteiger partial charge in [-0.2, -0.15) is 0 Å². The van der Waals surface area contributed by atoms with E-state index in [1.807, 2.05) is 0 Å². The van der Waals surface area contributed by atoms with E-state index in [-0.39, 0.29) is 22.7 Å². The number of sulfonamides is 1. The Morgan fingerprint density at radius 1 is 1.16 bits per heavy atom. The molecule has 0 atom stereocenters. The fraction of sp³-hybridized carbons (Fsp3) is 0.381. The van der Waals surface area contributed by atoms with Crippen LogP contribution in [0.2, 0.25) is 0 Å². The Hall–Kier alpha value is -2.43. The van der Waals surface area contributed by atoms with E-state index in [0.29, 0.717) is 16.4 Å². The first-order valence-corrected chi connectivity index (χ1v) is 12.2. The number of carbonyl (C=O) groups excluding carboxylic acids is 1. The van der Waals surface area contributed by atoms with Crippen molar-refractivity contribution in [3.8, 4) is 0 Å². The molecule has 0 aliphatic rings. The molecule has 0 aliphatic carbocycles. The Kier molecular flexibility index (Phi) is 8.60. The molecular formula is C21H27N3O5S2. The lowest BCUT2D eigenvalue weighted by Crippen LogP contribution is -2.23. The number of nitro benzene ring substituents is 1. The normalized spacial score (nSPS) is 11.7. The third kappa shape index (κ3) is 6.78. The van der Waals surface area contributed by atoms with Crippen LogP contribution in [0.5, 0.6) is 0 Å². The summed E-state index contributed by atoms with van der Waals surface area (Å²) < 4.78 is 25.3. The van der Waals surface area contributed by atoms with E-state index >= 15 is 0 Å². The first-order valence-electron chi connectivity index (χ1n) is 9.73. The van der Waals surface area contributed by atoms with Crippen molar-refractivity contribution in [2.24, 2.45) is 5.92 Å². The molecule has 8 nitrogen and oxygen atoms in total. The maximum Gasteiger partial charge on any atom is 0.283 e. The summed E-state index contributed by atoms with van der Waals surface area (Å²) in [6, 6.07) is 10.7. The second kappa shape index (κ2) is 10.7. The van der Waals surface area contributed by atoms with Crippen molar-refractivity contribution < 1.29 is 18.1 Å². The molecule has 0 unspecified atom stereocenters. The maximum absolute atomic E-state index is 12.5. The number of nitro groups is 1. The molecule has 0 spiro atoms. The van der Waals surface area contributed by atoms with Gasteiger partial charge in [0.05, 0.1) is 14.7 Å². The van der Waals surface area contributed by atoms with Gasteiger partial charge in [-0.3, -0.25) is 14.9 Å². The molecule has 2 rings (SSSR count). The summed E-state index contributed by atoms with van der Waals surface area (Å²) in [5.74, 6) is 0.837. The lowest BCUT2D eigenvalue weighted by molar-refractivity contribution is -0.387. The van der Waals surface area contributed by atoms with Gasteiger partial charge in [0.1, 0.15) is 0 Å². The van der Waals surface area contributed by atoms with Crippen molar-refractivity contribution in [3.63, 3.8) is 0 Å². The Morgan fingerprint density at radius 2 is 1.81 bits per heavy atom. The van der Waals surface area contributed by atoms with Gasteiger partial charge >= 0.3 is 0 Å². The predicted octanol–water partition coefficient (Wildman–Crippen LogP) is 3.91. The quantitative estimate of drug-likeness (QED) is 0.324. The molecular weight excluding hydrogens is 438 g/mol. The number of carbonyl (C=O) groups is 1. The van der Waals surface area contributed by atoms with Crippen LogP contribution < -0.4 is 5.32 Å². The molecule has 0 aromatic heterocycles. The van der Waals surface area contributed by atoms with Crippen molar-refractivity contribution in [2.45, 2.75) is 36.6 Å². The number of nitrogens with one attached hydrogen (secondary N) is 1. The minimum atomic E-state index is -3.52. The topological polar surface area (TPSA) is 110 Å². The van der Waals surface area contributed by atoms with E-state index in [1.54, 1.807) is 24.3 Å². The number of hydrogen-bond donors (Lipinski definition) is 1. The van der Waals surface area contributed by atoms with Crippen molar-refractivity contribution in [1.29, 1.82) is 0 Å². The average molecular weight is 466 g/mol. The van der Waals surface area contributed by atoms with Crippen LogP contribution in [0.4, 0.5) is 5.69 Å². The summed E-state index contributed by atoms with van der Waals surface area (Å²) in [5.41, 5.74) is 0.827. The van der Waals surface area contributed by atoms with E-state index in [1.165, 1.54) is 44.1 Å². The number of thioether (sulfide) groups is 1. The van der Waals surface area contributed by atoms with Crippen LogP contribution in [-0.4, -0.2) is 43.4 Å². The van der Waals surface area contributed by atoms with E-state index < -0.39 is 20.9 Å². The molecule has 0 saturated heterocycles. The summed E-state index contributed by atoms with van der Waals surface area (Å²) in [4.78, 5) is 24.2. The molecule has 0 aliphatic heterocycles. The monoisotopic (exact) mass is 465 g/mol. The molecule has 1 amide bonds. The summed E-state index contributed by atoms with van der Waals surface area (Å²) >= 11 is 1.41. The Bertz CT molecular complexity index is 1040. The molecule has 2 aromatic carbocycles. The largest absolute Gasteiger partial charge is 0.348 e. The lowest BCUT2D eigenvalue weighted by Gasteiger charge is -2.12. The highest BCUT2D eigenvalue weighted by Crippen LogP contribution is 2.31. The standard InChI is InChI=1S/C21H27N3O5S2/c1-15(2)11-12-30-20-10-7-17(13-19(20)24(26)27)21(25)22-14-16-5-8-18(9-6-16)31(28,29)23(3)4/h5-10,13,15H,11-12,14H2,1-4H3,(H,22,25). The molecule has 0 radical (unpaired) electrons. The van der Waals surface area contributed by atoms with Crippen LogP contribution in [0.25, 0.3) is 0 Å². The van der Waals surface area contributed by atoms with E-state index in [2.05, 4.69) is 19.2 Å². The molecule has 0 bridgehead atoms. The van der Waals surface area contributed by atoms with Gasteiger partial charge < -0.3 is 5.32 Å². The van der Waals surface area contributed by atoms with Gasteiger partial charge in [0.15, 0.2) is 0 Å². The maximum atomic E-state index is 12.5. The number of benzene rings is 2. The van der Waals surface area contributed by atoms with Gasteiger partial charge in [-0.25, -0.2) is 12.7 Å². The van der Waals surface area contributed by atoms with Gasteiger partial charge in [-0.1, -0.05) is 26.0 Å². The highest BCUT2D eigenvalue weighted by atomic mass is 32.2. The van der Waals surface area contributed by atoms with E-state index in [0.717, 1.165) is 16.5 Å². The fourth-order valence-corrected chi connectivity index (χ4v) is 4.76. The molecule has 0 saturated carbocycles. The minimum Gasteiger partial charge on any atom is -0.348 e. The molecule has 31 heavy (non-hydrogen) atoms. The number of hydrogen-bond acceptors (Lipinski definition) is 6. The zero-order valence-electron chi connectivity index (χ0n) is 18.0. The Labute approximate surface area is 187 Å². The van der Waals surface area contributed by atoms with Crippen LogP contribution in [0.1, 0.15) is 36.2 Å². The summed E-state index contributed by atoms with van der Waals surface area (Å²) in [7, 11) is -0.606. The average Bonchev–Trinajstić information content (AvgIpc) is 2.72. The lowest BCUT2D eigenvalue weighted by atomic mass is 10.1. The SMILES string of the molecule is CC(C)CCSc1ccc(C(=O)NCc2ccc(S(=O)(=O)N(C)C)cc2)cc1[N+](=O)[O-]. The summed E-state index contributed by atoms with van der Waals surface area (Å²) in [6.07, 6.45) is 0.943. The second-order valence-corrected chi connectivity index (χ2v) is 10.9. The molecule has 2 aromatic rings. The first kappa shape index (κ1) is 24.8. The van der Waals surface area contributed by atoms with Gasteiger partial charge in [0.25, 0.3) is 11.6 Å². The highest BCUT2D eigenvalue weighted by Gasteiger charge is 2.19. The van der Waals surface area contributed by atoms with Crippen LogP contribution in [-0.2, 0) is 16.6 Å². The zero-order valence-corrected chi connectivity index (χ0v) is 19.6. The Morgan fingerprint density at radius 3 is 2.35 bits per heavy atom. The van der Waals surface area contributed by atoms with Crippen LogP contribution in [0.15, 0.2) is 52.3 Å². The van der Waals surface area contributed by atoms with Gasteiger partial charge in [0, 0.05) is 32.3 Å². The van der Waals surface area contributed by atoms with Crippen molar-refractivity contribution in [2.75, 3.05) is 19.8 Å². The summed E-state index contributed by atoms with van der Waals surface area (Å²) in [5, 5.41) is 14.2. The van der Waals surface area contributed by atoms with E-state index in [4.69, 9.17) is 0 Å². The van der Waals surface area contributed by atoms with Crippen LogP contribution >= 0.6 is 11.8 Å². The van der Waals surface area contributed by atoms with Crippen LogP contribution in [0, 0.1) is 16.0 Å². The minimum absolute atomic E-state index is 0.0837. The molecule has 1 N–H and O–H groups in total.